The van der Waals surface area contributed by atoms with Gasteiger partial charge in [0.1, 0.15) is 5.65 Å². The first-order valence-electron chi connectivity index (χ1n) is 9.51. The summed E-state index contributed by atoms with van der Waals surface area (Å²) in [4.78, 5) is 17.0. The third-order valence-electron chi connectivity index (χ3n) is 5.27. The Kier molecular flexibility index (Phi) is 4.19. The molecule has 1 saturated carbocycles. The van der Waals surface area contributed by atoms with Crippen molar-refractivity contribution in [3.63, 3.8) is 0 Å². The van der Waals surface area contributed by atoms with Crippen LogP contribution < -0.4 is 5.32 Å². The van der Waals surface area contributed by atoms with Crippen molar-refractivity contribution in [3.8, 4) is 0 Å². The van der Waals surface area contributed by atoms with Gasteiger partial charge in [0.05, 0.1) is 18.8 Å². The van der Waals surface area contributed by atoms with Gasteiger partial charge in [-0.15, -0.1) is 0 Å². The molecule has 1 N–H and O–H groups in total. The number of alkyl halides is 2. The fraction of sp³-hybridized carbons (Fsp3) is 0.300. The predicted octanol–water partition coefficient (Wildman–Crippen LogP) is 3.10. The van der Waals surface area contributed by atoms with E-state index in [1.807, 2.05) is 6.07 Å². The molecule has 2 fully saturated rings. The average molecular weight is 432 g/mol. The van der Waals surface area contributed by atoms with E-state index in [9.17, 15) is 22.0 Å². The van der Waals surface area contributed by atoms with Crippen LogP contribution in [0.4, 0.5) is 14.5 Å². The first kappa shape index (κ1) is 19.1. The molecule has 0 unspecified atom stereocenters. The number of aromatic nitrogens is 2. The van der Waals surface area contributed by atoms with Crippen molar-refractivity contribution < 1.29 is 22.0 Å². The highest BCUT2D eigenvalue weighted by atomic mass is 32.2. The number of rotatable bonds is 5. The van der Waals surface area contributed by atoms with Crippen LogP contribution in [0.3, 0.4) is 0 Å². The summed E-state index contributed by atoms with van der Waals surface area (Å²) >= 11 is 0. The minimum absolute atomic E-state index is 0.0157. The molecule has 2 aromatic heterocycles. The summed E-state index contributed by atoms with van der Waals surface area (Å²) in [6, 6.07) is 11.9. The quantitative estimate of drug-likeness (QED) is 0.672. The van der Waals surface area contributed by atoms with Gasteiger partial charge in [-0.1, -0.05) is 18.2 Å². The topological polar surface area (TPSA) is 83.8 Å². The van der Waals surface area contributed by atoms with Crippen molar-refractivity contribution in [2.24, 2.45) is 0 Å². The van der Waals surface area contributed by atoms with Gasteiger partial charge in [-0.2, -0.15) is 4.31 Å². The lowest BCUT2D eigenvalue weighted by molar-refractivity contribution is -0.0946. The molecule has 30 heavy (non-hydrogen) atoms. The molecule has 1 aliphatic heterocycles. The predicted molar refractivity (Wildman–Crippen MR) is 105 cm³/mol. The first-order chi connectivity index (χ1) is 14.2. The van der Waals surface area contributed by atoms with Crippen molar-refractivity contribution in [1.82, 2.24) is 13.7 Å². The van der Waals surface area contributed by atoms with Gasteiger partial charge in [0.15, 0.2) is 5.03 Å². The monoisotopic (exact) mass is 432 g/mol. The van der Waals surface area contributed by atoms with Gasteiger partial charge in [-0.3, -0.25) is 9.20 Å². The molecule has 1 aromatic carbocycles. The number of para-hydroxylation sites is 1. The number of fused-ring (bicyclic) bond motifs is 1. The molecular weight excluding hydrogens is 414 g/mol. The zero-order chi connectivity index (χ0) is 21.1. The van der Waals surface area contributed by atoms with Crippen LogP contribution in [0, 0.1) is 0 Å². The maximum absolute atomic E-state index is 13.3. The third-order valence-corrected chi connectivity index (χ3v) is 7.10. The number of halogens is 2. The fourth-order valence-corrected chi connectivity index (χ4v) is 5.39. The number of anilines is 1. The van der Waals surface area contributed by atoms with Crippen LogP contribution >= 0.6 is 0 Å². The lowest BCUT2D eigenvalue weighted by Crippen LogP contribution is -2.58. The van der Waals surface area contributed by atoms with Crippen molar-refractivity contribution in [1.29, 1.82) is 0 Å². The maximum Gasteiger partial charge on any atom is 0.275 e. The molecule has 10 heteroatoms. The highest BCUT2D eigenvalue weighted by Crippen LogP contribution is 2.44. The molecule has 3 aromatic rings. The van der Waals surface area contributed by atoms with Crippen LogP contribution in [0.1, 0.15) is 34.8 Å². The molecule has 156 valence electrons. The average Bonchev–Trinajstić information content (AvgIpc) is 3.46. The highest BCUT2D eigenvalue weighted by molar-refractivity contribution is 7.89. The number of amides is 1. The second-order valence-electron chi connectivity index (χ2n) is 7.67. The number of hydrogen-bond acceptors (Lipinski definition) is 4. The van der Waals surface area contributed by atoms with Crippen molar-refractivity contribution in [2.45, 2.75) is 29.7 Å². The molecular formula is C20H18F2N4O3S. The Morgan fingerprint density at radius 2 is 1.83 bits per heavy atom. The zero-order valence-corrected chi connectivity index (χ0v) is 16.6. The number of carbonyl (C=O) groups excluding carboxylic acids is 1. The van der Waals surface area contributed by atoms with Crippen molar-refractivity contribution >= 4 is 27.3 Å². The smallest absolute Gasteiger partial charge is 0.275 e. The second-order valence-corrected chi connectivity index (χ2v) is 9.52. The molecule has 0 atom stereocenters. The molecule has 0 radical (unpaired) electrons. The van der Waals surface area contributed by atoms with Gasteiger partial charge < -0.3 is 5.32 Å². The highest BCUT2D eigenvalue weighted by Gasteiger charge is 2.51. The van der Waals surface area contributed by atoms with Crippen LogP contribution in [0.25, 0.3) is 5.65 Å². The summed E-state index contributed by atoms with van der Waals surface area (Å²) < 4.78 is 54.8. The van der Waals surface area contributed by atoms with Crippen LogP contribution in [0.2, 0.25) is 0 Å². The zero-order valence-electron chi connectivity index (χ0n) is 15.8. The molecule has 1 amide bonds. The van der Waals surface area contributed by atoms with Gasteiger partial charge in [0.2, 0.25) is 0 Å². The van der Waals surface area contributed by atoms with Crippen LogP contribution in [0.15, 0.2) is 53.7 Å². The van der Waals surface area contributed by atoms with Crippen molar-refractivity contribution in [2.75, 3.05) is 18.4 Å². The van der Waals surface area contributed by atoms with Gasteiger partial charge in [-0.05, 0) is 37.1 Å². The number of hydrogen-bond donors (Lipinski definition) is 1. The summed E-state index contributed by atoms with van der Waals surface area (Å²) in [5.74, 6) is -3.37. The van der Waals surface area contributed by atoms with E-state index in [2.05, 4.69) is 10.3 Å². The van der Waals surface area contributed by atoms with E-state index in [4.69, 9.17) is 0 Å². The number of imidazole rings is 1. The Morgan fingerprint density at radius 3 is 2.47 bits per heavy atom. The summed E-state index contributed by atoms with van der Waals surface area (Å²) in [5, 5.41) is 2.69. The molecule has 5 rings (SSSR count). The van der Waals surface area contributed by atoms with Crippen LogP contribution in [-0.2, 0) is 10.0 Å². The third kappa shape index (κ3) is 3.25. The van der Waals surface area contributed by atoms with Crippen molar-refractivity contribution in [3.05, 3.63) is 59.9 Å². The van der Waals surface area contributed by atoms with E-state index in [0.29, 0.717) is 22.6 Å². The summed E-state index contributed by atoms with van der Waals surface area (Å²) in [6.45, 7) is -1.66. The normalized spacial score (nSPS) is 18.9. The fourth-order valence-electron chi connectivity index (χ4n) is 3.55. The molecule has 1 aliphatic carbocycles. The van der Waals surface area contributed by atoms with Crippen LogP contribution in [0.5, 0.6) is 0 Å². The lowest BCUT2D eigenvalue weighted by Gasteiger charge is -2.37. The Bertz CT molecular complexity index is 1250. The van der Waals surface area contributed by atoms with Gasteiger partial charge in [-0.25, -0.2) is 22.2 Å². The number of pyridine rings is 1. The molecule has 0 bridgehead atoms. The second kappa shape index (κ2) is 6.58. The maximum atomic E-state index is 13.3. The van der Waals surface area contributed by atoms with E-state index in [0.717, 1.165) is 17.1 Å². The Balaban J connectivity index is 1.52. The van der Waals surface area contributed by atoms with E-state index in [1.54, 1.807) is 24.3 Å². The molecule has 2 aliphatic rings. The SMILES string of the molecule is O=C(Nc1ccccc1)c1ccn2c(S(=O)(=O)N3CC(F)(F)C3)c(C3CC3)nc2c1. The minimum atomic E-state index is -4.12. The Hall–Kier alpha value is -2.85. The molecule has 0 spiro atoms. The number of benzene rings is 1. The molecule has 7 nitrogen and oxygen atoms in total. The van der Waals surface area contributed by atoms with E-state index < -0.39 is 29.0 Å². The summed E-state index contributed by atoms with van der Waals surface area (Å²) in [6.07, 6.45) is 3.05. The van der Waals surface area contributed by atoms with Gasteiger partial charge in [0.25, 0.3) is 21.9 Å². The van der Waals surface area contributed by atoms with Gasteiger partial charge >= 0.3 is 0 Å². The number of nitrogens with zero attached hydrogens (tertiary/aromatic N) is 3. The molecule has 3 heterocycles. The lowest BCUT2D eigenvalue weighted by atomic mass is 10.2. The van der Waals surface area contributed by atoms with E-state index >= 15 is 0 Å². The largest absolute Gasteiger partial charge is 0.322 e. The minimum Gasteiger partial charge on any atom is -0.322 e. The van der Waals surface area contributed by atoms with Crippen LogP contribution in [-0.4, -0.2) is 47.0 Å². The summed E-state index contributed by atoms with van der Waals surface area (Å²) in [7, 11) is -4.12. The standard InChI is InChI=1S/C20H18F2N4O3S/c21-20(22)11-25(12-20)30(28,29)19-17(13-6-7-13)24-16-10-14(8-9-26(16)19)18(27)23-15-4-2-1-3-5-15/h1-5,8-10,13H,6-7,11-12H2,(H,23,27). The summed E-state index contributed by atoms with van der Waals surface area (Å²) in [5.41, 5.74) is 1.62. The first-order valence-corrected chi connectivity index (χ1v) is 10.9. The molecule has 1 saturated heterocycles. The number of sulfonamides is 1. The number of carbonyl (C=O) groups is 1. The Morgan fingerprint density at radius 1 is 1.13 bits per heavy atom. The van der Waals surface area contributed by atoms with E-state index in [1.165, 1.54) is 22.7 Å². The Labute approximate surface area is 171 Å². The van der Waals surface area contributed by atoms with E-state index in [-0.39, 0.29) is 16.9 Å². The number of nitrogens with one attached hydrogen (secondary N) is 1. The van der Waals surface area contributed by atoms with Gasteiger partial charge in [0, 0.05) is 23.4 Å².